The molecule has 0 saturated carbocycles. The van der Waals surface area contributed by atoms with E-state index in [-0.39, 0.29) is 11.4 Å². The zero-order valence-electron chi connectivity index (χ0n) is 12.1. The fraction of sp³-hybridized carbons (Fsp3) is 0.333. The lowest BCUT2D eigenvalue weighted by Gasteiger charge is -2.22. The average molecular weight is 320 g/mol. The molecule has 0 aliphatic carbocycles. The molecule has 1 N–H and O–H groups in total. The van der Waals surface area contributed by atoms with Crippen LogP contribution >= 0.6 is 0 Å². The number of hydrogen-bond acceptors (Lipinski definition) is 4. The molecule has 0 unspecified atom stereocenters. The summed E-state index contributed by atoms with van der Waals surface area (Å²) in [5.74, 6) is -1.10. The molecular formula is C15H16N2O4S. The van der Waals surface area contributed by atoms with Crippen LogP contribution in [0.4, 0.5) is 0 Å². The number of rotatable bonds is 3. The lowest BCUT2D eigenvalue weighted by Crippen LogP contribution is -2.40. The van der Waals surface area contributed by atoms with E-state index in [0.29, 0.717) is 23.7 Å². The second kappa shape index (κ2) is 5.33. The normalized spacial score (nSPS) is 19.6. The molecule has 1 fully saturated rings. The van der Waals surface area contributed by atoms with Crippen LogP contribution < -0.4 is 0 Å². The maximum absolute atomic E-state index is 12.9. The minimum absolute atomic E-state index is 0.120. The SMILES string of the molecule is Cc1ccc(S(=O)(=O)N2CCC[C@@H]2C(=O)O)c2cccnc12. The number of carboxylic acids is 1. The summed E-state index contributed by atoms with van der Waals surface area (Å²) >= 11 is 0. The summed E-state index contributed by atoms with van der Waals surface area (Å²) in [5, 5.41) is 9.76. The number of fused-ring (bicyclic) bond motifs is 1. The van der Waals surface area contributed by atoms with Gasteiger partial charge in [-0.1, -0.05) is 6.07 Å². The summed E-state index contributed by atoms with van der Waals surface area (Å²) in [5.41, 5.74) is 1.50. The first-order valence-corrected chi connectivity index (χ1v) is 8.46. The summed E-state index contributed by atoms with van der Waals surface area (Å²) in [4.78, 5) is 15.6. The van der Waals surface area contributed by atoms with Crippen LogP contribution in [-0.4, -0.2) is 41.4 Å². The van der Waals surface area contributed by atoms with Crippen molar-refractivity contribution < 1.29 is 18.3 Å². The van der Waals surface area contributed by atoms with Gasteiger partial charge in [-0.3, -0.25) is 9.78 Å². The van der Waals surface area contributed by atoms with Gasteiger partial charge in [0.25, 0.3) is 0 Å². The van der Waals surface area contributed by atoms with Crippen LogP contribution in [0.15, 0.2) is 35.4 Å². The average Bonchev–Trinajstić information content (AvgIpc) is 2.98. The van der Waals surface area contributed by atoms with E-state index >= 15 is 0 Å². The molecule has 1 aromatic carbocycles. The van der Waals surface area contributed by atoms with Crippen molar-refractivity contribution in [3.63, 3.8) is 0 Å². The Labute approximate surface area is 128 Å². The fourth-order valence-corrected chi connectivity index (χ4v) is 4.75. The predicted octanol–water partition coefficient (Wildman–Crippen LogP) is 1.78. The van der Waals surface area contributed by atoms with E-state index in [1.807, 2.05) is 6.92 Å². The van der Waals surface area contributed by atoms with Gasteiger partial charge in [-0.15, -0.1) is 0 Å². The molecule has 7 heteroatoms. The van der Waals surface area contributed by atoms with E-state index in [0.717, 1.165) is 9.87 Å². The molecule has 0 amide bonds. The molecule has 3 rings (SSSR count). The van der Waals surface area contributed by atoms with Crippen LogP contribution in [0.1, 0.15) is 18.4 Å². The Bertz CT molecular complexity index is 848. The molecule has 1 aromatic heterocycles. The van der Waals surface area contributed by atoms with E-state index in [2.05, 4.69) is 4.98 Å². The third-order valence-electron chi connectivity index (χ3n) is 4.01. The van der Waals surface area contributed by atoms with E-state index in [1.54, 1.807) is 24.4 Å². The summed E-state index contributed by atoms with van der Waals surface area (Å²) in [6.07, 6.45) is 2.51. The Hall–Kier alpha value is -1.99. The molecule has 2 heterocycles. The Kier molecular flexibility index (Phi) is 3.62. The van der Waals surface area contributed by atoms with E-state index in [4.69, 9.17) is 0 Å². The van der Waals surface area contributed by atoms with Crippen molar-refractivity contribution in [2.24, 2.45) is 0 Å². The number of nitrogens with zero attached hydrogens (tertiary/aromatic N) is 2. The highest BCUT2D eigenvalue weighted by Crippen LogP contribution is 2.31. The van der Waals surface area contributed by atoms with Gasteiger partial charge in [0.05, 0.1) is 10.4 Å². The number of pyridine rings is 1. The summed E-state index contributed by atoms with van der Waals surface area (Å²) in [6, 6.07) is 5.63. The molecule has 116 valence electrons. The molecule has 2 aromatic rings. The van der Waals surface area contributed by atoms with Crippen LogP contribution in [0.2, 0.25) is 0 Å². The minimum atomic E-state index is -3.86. The molecule has 1 saturated heterocycles. The second-order valence-electron chi connectivity index (χ2n) is 5.39. The predicted molar refractivity (Wildman–Crippen MR) is 81.0 cm³/mol. The number of aryl methyl sites for hydroxylation is 1. The summed E-state index contributed by atoms with van der Waals surface area (Å²) < 4.78 is 26.9. The number of sulfonamides is 1. The third kappa shape index (κ3) is 2.26. The van der Waals surface area contributed by atoms with Crippen molar-refractivity contribution in [2.45, 2.75) is 30.7 Å². The van der Waals surface area contributed by atoms with Crippen molar-refractivity contribution in [3.8, 4) is 0 Å². The number of hydrogen-bond donors (Lipinski definition) is 1. The number of aliphatic carboxylic acids is 1. The molecule has 1 atom stereocenters. The zero-order chi connectivity index (χ0) is 15.9. The molecule has 22 heavy (non-hydrogen) atoms. The minimum Gasteiger partial charge on any atom is -0.480 e. The van der Waals surface area contributed by atoms with Crippen LogP contribution in [0.25, 0.3) is 10.9 Å². The van der Waals surface area contributed by atoms with Crippen LogP contribution in [0, 0.1) is 6.92 Å². The monoisotopic (exact) mass is 320 g/mol. The van der Waals surface area contributed by atoms with Gasteiger partial charge >= 0.3 is 5.97 Å². The Balaban J connectivity index is 2.18. The van der Waals surface area contributed by atoms with E-state index < -0.39 is 22.0 Å². The molecule has 1 aliphatic rings. The van der Waals surface area contributed by atoms with Gasteiger partial charge in [-0.2, -0.15) is 4.31 Å². The molecule has 0 radical (unpaired) electrons. The number of benzene rings is 1. The van der Waals surface area contributed by atoms with Gasteiger partial charge in [0.2, 0.25) is 10.0 Å². The summed E-state index contributed by atoms with van der Waals surface area (Å²) in [6.45, 7) is 2.09. The van der Waals surface area contributed by atoms with E-state index in [1.165, 1.54) is 6.07 Å². The second-order valence-corrected chi connectivity index (χ2v) is 7.25. The quantitative estimate of drug-likeness (QED) is 0.931. The van der Waals surface area contributed by atoms with Gasteiger partial charge in [0.1, 0.15) is 6.04 Å². The van der Waals surface area contributed by atoms with Crippen molar-refractivity contribution in [1.82, 2.24) is 9.29 Å². The highest BCUT2D eigenvalue weighted by molar-refractivity contribution is 7.89. The molecule has 0 spiro atoms. The lowest BCUT2D eigenvalue weighted by atomic mass is 10.1. The molecule has 0 bridgehead atoms. The maximum atomic E-state index is 12.9. The van der Waals surface area contributed by atoms with Gasteiger partial charge in [-0.25, -0.2) is 8.42 Å². The first kappa shape index (κ1) is 14.9. The summed E-state index contributed by atoms with van der Waals surface area (Å²) in [7, 11) is -3.86. The van der Waals surface area contributed by atoms with Crippen molar-refractivity contribution in [2.75, 3.05) is 6.54 Å². The van der Waals surface area contributed by atoms with Gasteiger partial charge in [-0.05, 0) is 43.5 Å². The first-order valence-electron chi connectivity index (χ1n) is 7.02. The van der Waals surface area contributed by atoms with Gasteiger partial charge in [0.15, 0.2) is 0 Å². The van der Waals surface area contributed by atoms with Gasteiger partial charge in [0, 0.05) is 18.1 Å². The van der Waals surface area contributed by atoms with Crippen molar-refractivity contribution in [3.05, 3.63) is 36.0 Å². The maximum Gasteiger partial charge on any atom is 0.322 e. The Morgan fingerprint density at radius 2 is 2.14 bits per heavy atom. The van der Waals surface area contributed by atoms with Crippen LogP contribution in [0.3, 0.4) is 0 Å². The van der Waals surface area contributed by atoms with Crippen molar-refractivity contribution >= 4 is 26.9 Å². The number of carboxylic acid groups (broad SMARTS) is 1. The standard InChI is InChI=1S/C15H16N2O4S/c1-10-6-7-13(11-4-2-8-16-14(10)11)22(20,21)17-9-3-5-12(17)15(18)19/h2,4,6-8,12H,3,5,9H2,1H3,(H,18,19)/t12-/m1/s1. The number of carbonyl (C=O) groups is 1. The van der Waals surface area contributed by atoms with Gasteiger partial charge < -0.3 is 5.11 Å². The topological polar surface area (TPSA) is 87.6 Å². The Morgan fingerprint density at radius 3 is 2.86 bits per heavy atom. The van der Waals surface area contributed by atoms with Crippen molar-refractivity contribution in [1.29, 1.82) is 0 Å². The third-order valence-corrected chi connectivity index (χ3v) is 5.97. The highest BCUT2D eigenvalue weighted by atomic mass is 32.2. The number of aromatic nitrogens is 1. The molecule has 1 aliphatic heterocycles. The van der Waals surface area contributed by atoms with Crippen LogP contribution in [0.5, 0.6) is 0 Å². The Morgan fingerprint density at radius 1 is 1.36 bits per heavy atom. The molecular weight excluding hydrogens is 304 g/mol. The largest absolute Gasteiger partial charge is 0.480 e. The van der Waals surface area contributed by atoms with Crippen LogP contribution in [-0.2, 0) is 14.8 Å². The first-order chi connectivity index (χ1) is 10.4. The smallest absolute Gasteiger partial charge is 0.322 e. The zero-order valence-corrected chi connectivity index (χ0v) is 12.9. The lowest BCUT2D eigenvalue weighted by molar-refractivity contribution is -0.140. The fourth-order valence-electron chi connectivity index (χ4n) is 2.91. The highest BCUT2D eigenvalue weighted by Gasteiger charge is 2.40. The van der Waals surface area contributed by atoms with E-state index in [9.17, 15) is 18.3 Å². The molecule has 6 nitrogen and oxygen atoms in total.